The topological polar surface area (TPSA) is 137 Å². The molecule has 4 rings (SSSR count). The van der Waals surface area contributed by atoms with Crippen LogP contribution in [-0.2, 0) is 20.8 Å². The third-order valence-electron chi connectivity index (χ3n) is 6.33. The minimum atomic E-state index is -1.26. The van der Waals surface area contributed by atoms with Crippen LogP contribution in [-0.4, -0.2) is 66.3 Å². The normalized spacial score (nSPS) is 18.5. The number of fused-ring (bicyclic) bond motifs is 3. The molecule has 0 spiro atoms. The van der Waals surface area contributed by atoms with E-state index in [1.807, 2.05) is 24.3 Å². The summed E-state index contributed by atoms with van der Waals surface area (Å²) >= 11 is 0. The Kier molecular flexibility index (Phi) is 9.51. The van der Waals surface area contributed by atoms with Gasteiger partial charge in [0.1, 0.15) is 0 Å². The van der Waals surface area contributed by atoms with Crippen LogP contribution in [0.4, 0.5) is 11.4 Å². The van der Waals surface area contributed by atoms with Crippen LogP contribution in [0.2, 0.25) is 0 Å². The first-order chi connectivity index (χ1) is 17.7. The van der Waals surface area contributed by atoms with Gasteiger partial charge in [0.25, 0.3) is 0 Å². The lowest BCUT2D eigenvalue weighted by Gasteiger charge is -2.44. The molecule has 1 fully saturated rings. The van der Waals surface area contributed by atoms with E-state index in [4.69, 9.17) is 19.7 Å². The van der Waals surface area contributed by atoms with Gasteiger partial charge in [-0.15, -0.1) is 0 Å². The van der Waals surface area contributed by atoms with E-state index in [9.17, 15) is 14.4 Å². The van der Waals surface area contributed by atoms with Crippen LogP contribution in [0.1, 0.15) is 36.9 Å². The third kappa shape index (κ3) is 7.71. The van der Waals surface area contributed by atoms with Gasteiger partial charge in [0, 0.05) is 55.6 Å². The number of rotatable bonds is 7. The van der Waals surface area contributed by atoms with E-state index < -0.39 is 11.9 Å². The molecule has 10 nitrogen and oxygen atoms in total. The van der Waals surface area contributed by atoms with Gasteiger partial charge in [0.15, 0.2) is 11.5 Å². The molecule has 2 heterocycles. The molecule has 2 aromatic rings. The number of methoxy groups -OCH3 is 2. The molecular weight excluding hydrogens is 478 g/mol. The highest BCUT2D eigenvalue weighted by Gasteiger charge is 2.34. The zero-order chi connectivity index (χ0) is 26.9. The number of hydrogen-bond acceptors (Lipinski definition) is 7. The van der Waals surface area contributed by atoms with E-state index >= 15 is 0 Å². The van der Waals surface area contributed by atoms with E-state index in [2.05, 4.69) is 27.7 Å². The minimum Gasteiger partial charge on any atom is -0.493 e. The number of piperidine rings is 1. The van der Waals surface area contributed by atoms with E-state index in [0.717, 1.165) is 55.2 Å². The van der Waals surface area contributed by atoms with E-state index in [-0.39, 0.29) is 5.91 Å². The maximum Gasteiger partial charge on any atom is 0.328 e. The molecule has 0 aromatic heterocycles. The molecule has 0 radical (unpaired) electrons. The first-order valence-electron chi connectivity index (χ1n) is 12.0. The van der Waals surface area contributed by atoms with Crippen LogP contribution >= 0.6 is 0 Å². The van der Waals surface area contributed by atoms with Gasteiger partial charge < -0.3 is 30.3 Å². The number of ether oxygens (including phenoxy) is 2. The van der Waals surface area contributed by atoms with Gasteiger partial charge in [-0.05, 0) is 66.8 Å². The summed E-state index contributed by atoms with van der Waals surface area (Å²) in [7, 11) is 3.39. The molecule has 0 saturated carbocycles. The van der Waals surface area contributed by atoms with E-state index in [1.165, 1.54) is 18.1 Å². The van der Waals surface area contributed by atoms with Crippen LogP contribution in [0.25, 0.3) is 0 Å². The maximum absolute atomic E-state index is 11.2. The largest absolute Gasteiger partial charge is 0.493 e. The molecule has 0 bridgehead atoms. The molecule has 2 aliphatic heterocycles. The van der Waals surface area contributed by atoms with E-state index in [0.29, 0.717) is 24.2 Å². The zero-order valence-electron chi connectivity index (χ0n) is 21.2. The van der Waals surface area contributed by atoms with Crippen molar-refractivity contribution in [3.05, 3.63) is 59.7 Å². The van der Waals surface area contributed by atoms with Gasteiger partial charge in [-0.1, -0.05) is 0 Å². The average molecular weight is 512 g/mol. The van der Waals surface area contributed by atoms with Gasteiger partial charge in [-0.2, -0.15) is 0 Å². The number of hydrogen-bond donors (Lipinski definition) is 4. The SMILES string of the molecule is COc1cc2c(cc1OC)C1CC(Nc3ccc(NC(C)=O)cc3)CCN1CC2.O=C(O)/C=C/C(=O)O. The molecule has 1 amide bonds. The molecule has 37 heavy (non-hydrogen) atoms. The summed E-state index contributed by atoms with van der Waals surface area (Å²) in [6, 6.07) is 13.0. The smallest absolute Gasteiger partial charge is 0.328 e. The summed E-state index contributed by atoms with van der Waals surface area (Å²) in [5, 5.41) is 22.1. The summed E-state index contributed by atoms with van der Waals surface area (Å²) in [6.45, 7) is 3.69. The first-order valence-corrected chi connectivity index (χ1v) is 12.0. The molecule has 0 aliphatic carbocycles. The molecule has 2 aliphatic rings. The molecule has 10 heteroatoms. The maximum atomic E-state index is 11.2. The van der Waals surface area contributed by atoms with Crippen LogP contribution in [0.5, 0.6) is 11.5 Å². The summed E-state index contributed by atoms with van der Waals surface area (Å²) in [5.74, 6) is -0.956. The van der Waals surface area contributed by atoms with Crippen molar-refractivity contribution >= 4 is 29.2 Å². The van der Waals surface area contributed by atoms with Crippen LogP contribution in [0.15, 0.2) is 48.6 Å². The van der Waals surface area contributed by atoms with Crippen molar-refractivity contribution in [1.29, 1.82) is 0 Å². The monoisotopic (exact) mass is 511 g/mol. The van der Waals surface area contributed by atoms with Crippen molar-refractivity contribution in [2.75, 3.05) is 37.9 Å². The zero-order valence-corrected chi connectivity index (χ0v) is 21.2. The highest BCUT2D eigenvalue weighted by atomic mass is 16.5. The Labute approximate surface area is 215 Å². The third-order valence-corrected chi connectivity index (χ3v) is 6.33. The number of nitrogens with zero attached hydrogens (tertiary/aromatic N) is 1. The molecule has 2 aromatic carbocycles. The number of benzene rings is 2. The fourth-order valence-corrected chi connectivity index (χ4v) is 4.70. The first kappa shape index (κ1) is 27.5. The summed E-state index contributed by atoms with van der Waals surface area (Å²) in [5.41, 5.74) is 4.63. The second-order valence-electron chi connectivity index (χ2n) is 8.84. The number of carboxylic acids is 2. The number of anilines is 2. The van der Waals surface area contributed by atoms with Crippen LogP contribution in [0.3, 0.4) is 0 Å². The number of nitrogens with one attached hydrogen (secondary N) is 2. The molecule has 4 N–H and O–H groups in total. The fraction of sp³-hybridized carbons (Fsp3) is 0.370. The van der Waals surface area contributed by atoms with Gasteiger partial charge in [0.05, 0.1) is 14.2 Å². The highest BCUT2D eigenvalue weighted by molar-refractivity contribution is 5.89. The van der Waals surface area contributed by atoms with Crippen molar-refractivity contribution in [3.8, 4) is 11.5 Å². The van der Waals surface area contributed by atoms with E-state index in [1.54, 1.807) is 14.2 Å². The van der Waals surface area contributed by atoms with Crippen molar-refractivity contribution in [2.45, 2.75) is 38.3 Å². The quantitative estimate of drug-likeness (QED) is 0.411. The van der Waals surface area contributed by atoms with Crippen molar-refractivity contribution in [3.63, 3.8) is 0 Å². The Hall–Kier alpha value is -4.05. The molecule has 2 unspecified atom stereocenters. The van der Waals surface area contributed by atoms with Crippen molar-refractivity contribution in [2.24, 2.45) is 0 Å². The fourth-order valence-electron chi connectivity index (χ4n) is 4.70. The predicted molar refractivity (Wildman–Crippen MR) is 139 cm³/mol. The summed E-state index contributed by atoms with van der Waals surface area (Å²) < 4.78 is 11.0. The van der Waals surface area contributed by atoms with Crippen molar-refractivity contribution in [1.82, 2.24) is 4.90 Å². The Bertz CT molecular complexity index is 1130. The predicted octanol–water partition coefficient (Wildman–Crippen LogP) is 3.55. The number of carbonyl (C=O) groups excluding carboxylic acids is 1. The molecule has 2 atom stereocenters. The Morgan fingerprint density at radius 3 is 2.11 bits per heavy atom. The van der Waals surface area contributed by atoms with Gasteiger partial charge >= 0.3 is 11.9 Å². The van der Waals surface area contributed by atoms with Crippen molar-refractivity contribution < 1.29 is 34.1 Å². The van der Waals surface area contributed by atoms with Gasteiger partial charge in [0.2, 0.25) is 5.91 Å². The lowest BCUT2D eigenvalue weighted by atomic mass is 9.84. The summed E-state index contributed by atoms with van der Waals surface area (Å²) in [6.07, 6.45) is 4.34. The lowest BCUT2D eigenvalue weighted by molar-refractivity contribution is -0.134. The minimum absolute atomic E-state index is 0.0545. The Balaban J connectivity index is 0.000000414. The lowest BCUT2D eigenvalue weighted by Crippen LogP contribution is -2.44. The standard InChI is InChI=1S/C23H29N3O3.C4H4O4/c1-15(27)24-17-4-6-18(7-5-17)25-19-9-11-26-10-8-16-12-22(28-2)23(29-3)14-20(16)21(26)13-19;5-3(6)1-2-4(7)8/h4-7,12,14,19,21,25H,8-11,13H2,1-3H3,(H,24,27);1-2H,(H,5,6)(H,7,8)/b;2-1+. The van der Waals surface area contributed by atoms with Gasteiger partial charge in [-0.3, -0.25) is 9.69 Å². The average Bonchev–Trinajstić information content (AvgIpc) is 2.87. The second kappa shape index (κ2) is 12.8. The number of amides is 1. The highest BCUT2D eigenvalue weighted by Crippen LogP contribution is 2.42. The molecular formula is C27H33N3O7. The molecule has 1 saturated heterocycles. The number of carboxylic acid groups (broad SMARTS) is 2. The number of aliphatic carboxylic acids is 2. The Morgan fingerprint density at radius 2 is 1.54 bits per heavy atom. The number of carbonyl (C=O) groups is 3. The molecule has 198 valence electrons. The second-order valence-corrected chi connectivity index (χ2v) is 8.84. The summed E-state index contributed by atoms with van der Waals surface area (Å²) in [4.78, 5) is 32.9. The Morgan fingerprint density at radius 1 is 0.946 bits per heavy atom. The van der Waals surface area contributed by atoms with Crippen LogP contribution < -0.4 is 20.1 Å². The van der Waals surface area contributed by atoms with Crippen LogP contribution in [0, 0.1) is 0 Å². The van der Waals surface area contributed by atoms with Gasteiger partial charge in [-0.25, -0.2) is 9.59 Å².